The quantitative estimate of drug-likeness (QED) is 0.656. The summed E-state index contributed by atoms with van der Waals surface area (Å²) in [5.74, 6) is -0.238. The van der Waals surface area contributed by atoms with Crippen LogP contribution < -0.4 is 11.1 Å². The zero-order valence-corrected chi connectivity index (χ0v) is 14.3. The Kier molecular flexibility index (Phi) is 4.22. The van der Waals surface area contributed by atoms with Crippen LogP contribution in [-0.4, -0.2) is 32.6 Å². The largest absolute Gasteiger partial charge is 0.330 e. The van der Waals surface area contributed by atoms with E-state index >= 15 is 0 Å². The third kappa shape index (κ3) is 2.86. The van der Waals surface area contributed by atoms with Gasteiger partial charge in [-0.25, -0.2) is 0 Å². The molecule has 1 aliphatic carbocycles. The van der Waals surface area contributed by atoms with Gasteiger partial charge in [-0.15, -0.1) is 0 Å². The van der Waals surface area contributed by atoms with Crippen molar-refractivity contribution in [2.75, 3.05) is 11.9 Å². The molecule has 4 N–H and O–H groups in total. The summed E-state index contributed by atoms with van der Waals surface area (Å²) >= 11 is 0. The predicted octanol–water partition coefficient (Wildman–Crippen LogP) is 2.50. The molecule has 3 heterocycles. The SMILES string of the molecule is NCC1(c2ccc(C(=O)Nc3cn[nH]c3-c3ccccn3)cn2)CCC1. The fraction of sp³-hybridized carbons (Fsp3) is 0.263. The number of H-pyrrole nitrogens is 1. The first-order chi connectivity index (χ1) is 12.7. The maximum atomic E-state index is 12.6. The molecule has 132 valence electrons. The molecule has 1 saturated carbocycles. The molecule has 4 rings (SSSR count). The summed E-state index contributed by atoms with van der Waals surface area (Å²) in [4.78, 5) is 21.3. The van der Waals surface area contributed by atoms with Gasteiger partial charge in [-0.2, -0.15) is 5.10 Å². The fourth-order valence-electron chi connectivity index (χ4n) is 3.29. The normalized spacial score (nSPS) is 15.3. The first kappa shape index (κ1) is 16.4. The Balaban J connectivity index is 1.52. The van der Waals surface area contributed by atoms with Gasteiger partial charge < -0.3 is 11.1 Å². The molecule has 0 atom stereocenters. The lowest BCUT2D eigenvalue weighted by Gasteiger charge is -2.40. The summed E-state index contributed by atoms with van der Waals surface area (Å²) in [6, 6.07) is 9.28. The van der Waals surface area contributed by atoms with Gasteiger partial charge in [0.1, 0.15) is 5.69 Å². The Morgan fingerprint density at radius 3 is 2.69 bits per heavy atom. The standard InChI is InChI=1S/C19H20N6O/c20-12-19(7-3-8-19)16-6-5-13(10-22-16)18(26)24-15-11-23-25-17(15)14-4-1-2-9-21-14/h1-2,4-6,9-11H,3,7-8,12,20H2,(H,23,25)(H,24,26). The Morgan fingerprint density at radius 1 is 1.19 bits per heavy atom. The van der Waals surface area contributed by atoms with Gasteiger partial charge in [0.15, 0.2) is 0 Å². The van der Waals surface area contributed by atoms with Gasteiger partial charge in [0, 0.05) is 30.0 Å². The molecule has 0 bridgehead atoms. The number of amides is 1. The summed E-state index contributed by atoms with van der Waals surface area (Å²) in [7, 11) is 0. The van der Waals surface area contributed by atoms with Gasteiger partial charge in [-0.05, 0) is 37.1 Å². The van der Waals surface area contributed by atoms with Crippen LogP contribution in [0.5, 0.6) is 0 Å². The molecule has 0 radical (unpaired) electrons. The Bertz CT molecular complexity index is 894. The number of nitrogens with two attached hydrogens (primary N) is 1. The van der Waals surface area contributed by atoms with Crippen LogP contribution in [0, 0.1) is 0 Å². The molecular weight excluding hydrogens is 328 g/mol. The van der Waals surface area contributed by atoms with Crippen molar-refractivity contribution in [3.63, 3.8) is 0 Å². The van der Waals surface area contributed by atoms with E-state index in [1.54, 1.807) is 24.7 Å². The number of rotatable bonds is 5. The topological polar surface area (TPSA) is 110 Å². The van der Waals surface area contributed by atoms with E-state index in [0.717, 1.165) is 18.5 Å². The number of pyridine rings is 2. The Hall–Kier alpha value is -3.06. The van der Waals surface area contributed by atoms with E-state index in [2.05, 4.69) is 25.5 Å². The molecule has 0 aromatic carbocycles. The van der Waals surface area contributed by atoms with Crippen LogP contribution in [0.1, 0.15) is 35.3 Å². The van der Waals surface area contributed by atoms with Crippen LogP contribution in [0.4, 0.5) is 5.69 Å². The molecule has 7 heteroatoms. The summed E-state index contributed by atoms with van der Waals surface area (Å²) in [5.41, 5.74) is 9.34. The third-order valence-electron chi connectivity index (χ3n) is 5.08. The van der Waals surface area contributed by atoms with E-state index in [0.29, 0.717) is 29.2 Å². The van der Waals surface area contributed by atoms with Gasteiger partial charge in [0.25, 0.3) is 5.91 Å². The number of nitrogens with one attached hydrogen (secondary N) is 2. The summed E-state index contributed by atoms with van der Waals surface area (Å²) < 4.78 is 0. The Morgan fingerprint density at radius 2 is 2.08 bits per heavy atom. The lowest BCUT2D eigenvalue weighted by atomic mass is 9.66. The molecule has 7 nitrogen and oxygen atoms in total. The van der Waals surface area contributed by atoms with Crippen LogP contribution in [0.15, 0.2) is 48.9 Å². The van der Waals surface area contributed by atoms with Crippen LogP contribution in [0.25, 0.3) is 11.4 Å². The molecule has 0 aliphatic heterocycles. The van der Waals surface area contributed by atoms with Gasteiger partial charge >= 0.3 is 0 Å². The maximum Gasteiger partial charge on any atom is 0.257 e. The van der Waals surface area contributed by atoms with Crippen molar-refractivity contribution in [3.05, 3.63) is 60.2 Å². The number of hydrogen-bond acceptors (Lipinski definition) is 5. The highest BCUT2D eigenvalue weighted by Gasteiger charge is 2.38. The predicted molar refractivity (Wildman–Crippen MR) is 98.6 cm³/mol. The van der Waals surface area contributed by atoms with Crippen LogP contribution in [-0.2, 0) is 5.41 Å². The first-order valence-electron chi connectivity index (χ1n) is 8.65. The third-order valence-corrected chi connectivity index (χ3v) is 5.08. The number of carbonyl (C=O) groups is 1. The maximum absolute atomic E-state index is 12.6. The van der Waals surface area contributed by atoms with E-state index in [4.69, 9.17) is 5.73 Å². The highest BCUT2D eigenvalue weighted by molar-refractivity contribution is 6.05. The minimum absolute atomic E-state index is 0.00822. The monoisotopic (exact) mass is 348 g/mol. The lowest BCUT2D eigenvalue weighted by molar-refractivity contribution is 0.102. The van der Waals surface area contributed by atoms with Crippen LogP contribution in [0.3, 0.4) is 0 Å². The number of aromatic amines is 1. The van der Waals surface area contributed by atoms with Crippen molar-refractivity contribution in [3.8, 4) is 11.4 Å². The molecule has 1 fully saturated rings. The Labute approximate surface area is 151 Å². The number of hydrogen-bond donors (Lipinski definition) is 3. The summed E-state index contributed by atoms with van der Waals surface area (Å²) in [6.07, 6.45) is 8.17. The van der Waals surface area contributed by atoms with E-state index in [-0.39, 0.29) is 11.3 Å². The molecule has 0 saturated heterocycles. The van der Waals surface area contributed by atoms with E-state index < -0.39 is 0 Å². The van der Waals surface area contributed by atoms with Crippen molar-refractivity contribution < 1.29 is 4.79 Å². The number of anilines is 1. The van der Waals surface area contributed by atoms with Crippen LogP contribution >= 0.6 is 0 Å². The minimum atomic E-state index is -0.238. The first-order valence-corrected chi connectivity index (χ1v) is 8.65. The average Bonchev–Trinajstić information content (AvgIpc) is 3.11. The second kappa shape index (κ2) is 6.68. The second-order valence-corrected chi connectivity index (χ2v) is 6.60. The van der Waals surface area contributed by atoms with Gasteiger partial charge in [-0.3, -0.25) is 19.9 Å². The second-order valence-electron chi connectivity index (χ2n) is 6.60. The highest BCUT2D eigenvalue weighted by atomic mass is 16.1. The summed E-state index contributed by atoms with van der Waals surface area (Å²) in [6.45, 7) is 0.591. The molecule has 0 spiro atoms. The number of nitrogens with zero attached hydrogens (tertiary/aromatic N) is 3. The van der Waals surface area contributed by atoms with Gasteiger partial charge in [-0.1, -0.05) is 12.5 Å². The van der Waals surface area contributed by atoms with Crippen molar-refractivity contribution >= 4 is 11.6 Å². The summed E-state index contributed by atoms with van der Waals surface area (Å²) in [5, 5.41) is 9.75. The fourth-order valence-corrected chi connectivity index (χ4v) is 3.29. The minimum Gasteiger partial charge on any atom is -0.330 e. The molecule has 0 unspecified atom stereocenters. The van der Waals surface area contributed by atoms with Gasteiger partial charge in [0.05, 0.1) is 23.1 Å². The molecule has 1 amide bonds. The van der Waals surface area contributed by atoms with E-state index in [1.165, 1.54) is 6.42 Å². The van der Waals surface area contributed by atoms with Crippen molar-refractivity contribution in [2.24, 2.45) is 5.73 Å². The van der Waals surface area contributed by atoms with Gasteiger partial charge in [0.2, 0.25) is 0 Å². The van der Waals surface area contributed by atoms with Crippen molar-refractivity contribution in [1.29, 1.82) is 0 Å². The zero-order valence-electron chi connectivity index (χ0n) is 14.3. The number of carbonyl (C=O) groups excluding carboxylic acids is 1. The van der Waals surface area contributed by atoms with Crippen molar-refractivity contribution in [2.45, 2.75) is 24.7 Å². The van der Waals surface area contributed by atoms with E-state index in [9.17, 15) is 4.79 Å². The zero-order chi connectivity index (χ0) is 18.0. The highest BCUT2D eigenvalue weighted by Crippen LogP contribution is 2.41. The molecule has 3 aromatic heterocycles. The number of aromatic nitrogens is 4. The molecular formula is C19H20N6O. The average molecular weight is 348 g/mol. The molecule has 26 heavy (non-hydrogen) atoms. The van der Waals surface area contributed by atoms with Crippen molar-refractivity contribution in [1.82, 2.24) is 20.2 Å². The van der Waals surface area contributed by atoms with E-state index in [1.807, 2.05) is 24.3 Å². The molecule has 3 aromatic rings. The van der Waals surface area contributed by atoms with Crippen LogP contribution in [0.2, 0.25) is 0 Å². The molecule has 1 aliphatic rings. The smallest absolute Gasteiger partial charge is 0.257 e. The lowest BCUT2D eigenvalue weighted by Crippen LogP contribution is -2.42.